The van der Waals surface area contributed by atoms with E-state index in [4.69, 9.17) is 4.74 Å². The molecule has 1 aromatic carbocycles. The lowest BCUT2D eigenvalue weighted by molar-refractivity contribution is -0.145. The van der Waals surface area contributed by atoms with E-state index in [9.17, 15) is 9.59 Å². The number of para-hydroxylation sites is 2. The minimum absolute atomic E-state index is 0.108. The van der Waals surface area contributed by atoms with Gasteiger partial charge in [-0.1, -0.05) is 12.1 Å². The van der Waals surface area contributed by atoms with Crippen molar-refractivity contribution in [1.82, 2.24) is 4.98 Å². The zero-order chi connectivity index (χ0) is 15.5. The summed E-state index contributed by atoms with van der Waals surface area (Å²) in [6.45, 7) is 0.404. The summed E-state index contributed by atoms with van der Waals surface area (Å²) in [5.74, 6) is -0.145. The van der Waals surface area contributed by atoms with Crippen molar-refractivity contribution < 1.29 is 19.1 Å². The first-order valence-electron chi connectivity index (χ1n) is 6.70. The van der Waals surface area contributed by atoms with Crippen molar-refractivity contribution in [3.8, 4) is 5.75 Å². The molecule has 1 aliphatic rings. The Hall–Kier alpha value is -2.41. The molecule has 1 atom stereocenters. The van der Waals surface area contributed by atoms with Crippen LogP contribution in [0.3, 0.4) is 0 Å². The normalized spacial score (nSPS) is 16.9. The number of amides is 1. The molecule has 6 nitrogen and oxygen atoms in total. The number of ether oxygens (including phenoxy) is 2. The third kappa shape index (κ3) is 2.80. The predicted molar refractivity (Wildman–Crippen MR) is 80.8 cm³/mol. The number of rotatable bonds is 4. The number of benzene rings is 1. The van der Waals surface area contributed by atoms with E-state index in [1.54, 1.807) is 22.7 Å². The number of esters is 1. The average Bonchev–Trinajstić information content (AvgIpc) is 3.04. The van der Waals surface area contributed by atoms with Gasteiger partial charge in [-0.3, -0.25) is 14.6 Å². The molecule has 1 amide bonds. The van der Waals surface area contributed by atoms with Crippen molar-refractivity contribution in [2.24, 2.45) is 0 Å². The van der Waals surface area contributed by atoms with Crippen molar-refractivity contribution in [3.63, 3.8) is 0 Å². The highest BCUT2D eigenvalue weighted by Crippen LogP contribution is 2.35. The minimum atomic E-state index is -0.865. The van der Waals surface area contributed by atoms with Gasteiger partial charge in [-0.25, -0.2) is 0 Å². The topological polar surface area (TPSA) is 68.7 Å². The van der Waals surface area contributed by atoms with Crippen LogP contribution in [0.15, 0.2) is 36.0 Å². The minimum Gasteiger partial charge on any atom is -0.478 e. The summed E-state index contributed by atoms with van der Waals surface area (Å²) in [6, 6.07) is 7.28. The maximum atomic E-state index is 12.6. The molecular formula is C15H14N2O4S. The summed E-state index contributed by atoms with van der Waals surface area (Å²) < 4.78 is 10.3. The molecule has 0 radical (unpaired) electrons. The lowest BCUT2D eigenvalue weighted by Crippen LogP contribution is -2.46. The van der Waals surface area contributed by atoms with Gasteiger partial charge in [0.15, 0.2) is 6.10 Å². The van der Waals surface area contributed by atoms with E-state index in [0.717, 1.165) is 4.88 Å². The standard InChI is InChI=1S/C15H14N2O4S/c1-20-14(18)6-13-15(19)17(8-10-7-16-9-22-10)11-4-2-3-5-12(11)21-13/h2-5,7,9,13H,6,8H2,1H3/t13-/m0/s1. The second-order valence-electron chi connectivity index (χ2n) is 4.75. The summed E-state index contributed by atoms with van der Waals surface area (Å²) in [5, 5.41) is 0. The molecule has 22 heavy (non-hydrogen) atoms. The summed E-state index contributed by atoms with van der Waals surface area (Å²) in [7, 11) is 1.29. The first kappa shape index (κ1) is 14.5. The molecule has 0 spiro atoms. The number of carbonyl (C=O) groups excluding carboxylic acids is 2. The van der Waals surface area contributed by atoms with Crippen molar-refractivity contribution in [3.05, 3.63) is 40.8 Å². The highest BCUT2D eigenvalue weighted by atomic mass is 32.1. The summed E-state index contributed by atoms with van der Waals surface area (Å²) in [6.07, 6.45) is 0.754. The fourth-order valence-electron chi connectivity index (χ4n) is 2.28. The van der Waals surface area contributed by atoms with E-state index in [2.05, 4.69) is 9.72 Å². The Bertz CT molecular complexity index is 687. The van der Waals surface area contributed by atoms with Crippen molar-refractivity contribution in [2.45, 2.75) is 19.1 Å². The Morgan fingerprint density at radius 3 is 3.00 bits per heavy atom. The first-order valence-corrected chi connectivity index (χ1v) is 7.58. The van der Waals surface area contributed by atoms with Gasteiger partial charge in [0.05, 0.1) is 31.3 Å². The number of carbonyl (C=O) groups is 2. The Morgan fingerprint density at radius 2 is 2.27 bits per heavy atom. The molecule has 7 heteroatoms. The van der Waals surface area contributed by atoms with E-state index in [1.807, 2.05) is 18.2 Å². The number of nitrogens with zero attached hydrogens (tertiary/aromatic N) is 2. The van der Waals surface area contributed by atoms with Gasteiger partial charge < -0.3 is 14.4 Å². The van der Waals surface area contributed by atoms with Crippen LogP contribution in [0, 0.1) is 0 Å². The van der Waals surface area contributed by atoms with Gasteiger partial charge in [-0.15, -0.1) is 11.3 Å². The molecule has 1 aliphatic heterocycles. The second-order valence-corrected chi connectivity index (χ2v) is 5.72. The van der Waals surface area contributed by atoms with E-state index in [1.165, 1.54) is 18.4 Å². The number of anilines is 1. The number of methoxy groups -OCH3 is 1. The summed E-state index contributed by atoms with van der Waals surface area (Å²) >= 11 is 1.48. The fourth-order valence-corrected chi connectivity index (χ4v) is 2.86. The molecule has 0 saturated heterocycles. The van der Waals surface area contributed by atoms with E-state index >= 15 is 0 Å². The smallest absolute Gasteiger partial charge is 0.309 e. The van der Waals surface area contributed by atoms with Crippen molar-refractivity contribution >= 4 is 28.9 Å². The highest BCUT2D eigenvalue weighted by molar-refractivity contribution is 7.09. The molecule has 0 bridgehead atoms. The lowest BCUT2D eigenvalue weighted by atomic mass is 10.1. The Balaban J connectivity index is 1.91. The van der Waals surface area contributed by atoms with Gasteiger partial charge in [0.1, 0.15) is 5.75 Å². The van der Waals surface area contributed by atoms with Gasteiger partial charge in [0.2, 0.25) is 0 Å². The third-order valence-corrected chi connectivity index (χ3v) is 4.11. The number of aromatic nitrogens is 1. The fraction of sp³-hybridized carbons (Fsp3) is 0.267. The molecular weight excluding hydrogens is 304 g/mol. The predicted octanol–water partition coefficient (Wildman–Crippen LogP) is 2.00. The molecule has 2 aromatic rings. The number of thiazole rings is 1. The van der Waals surface area contributed by atoms with Crippen LogP contribution in [0.25, 0.3) is 0 Å². The van der Waals surface area contributed by atoms with Gasteiger partial charge in [0, 0.05) is 11.1 Å². The van der Waals surface area contributed by atoms with Crippen LogP contribution in [0.2, 0.25) is 0 Å². The van der Waals surface area contributed by atoms with Crippen LogP contribution in [-0.2, 0) is 20.9 Å². The Morgan fingerprint density at radius 1 is 1.45 bits per heavy atom. The maximum Gasteiger partial charge on any atom is 0.309 e. The van der Waals surface area contributed by atoms with Crippen molar-refractivity contribution in [1.29, 1.82) is 0 Å². The zero-order valence-electron chi connectivity index (χ0n) is 11.9. The molecule has 114 valence electrons. The highest BCUT2D eigenvalue weighted by Gasteiger charge is 2.36. The van der Waals surface area contributed by atoms with E-state index in [0.29, 0.717) is 18.0 Å². The third-order valence-electron chi connectivity index (χ3n) is 3.34. The van der Waals surface area contributed by atoms with Crippen LogP contribution in [0.4, 0.5) is 5.69 Å². The molecule has 2 heterocycles. The largest absolute Gasteiger partial charge is 0.478 e. The summed E-state index contributed by atoms with van der Waals surface area (Å²) in [4.78, 5) is 30.7. The number of hydrogen-bond donors (Lipinski definition) is 0. The van der Waals surface area contributed by atoms with E-state index in [-0.39, 0.29) is 12.3 Å². The van der Waals surface area contributed by atoms with Crippen molar-refractivity contribution in [2.75, 3.05) is 12.0 Å². The Kier molecular flexibility index (Phi) is 4.06. The SMILES string of the molecule is COC(=O)C[C@@H]1Oc2ccccc2N(Cc2cncs2)C1=O. The van der Waals surface area contributed by atoms with Gasteiger partial charge >= 0.3 is 5.97 Å². The molecule has 0 saturated carbocycles. The first-order chi connectivity index (χ1) is 10.7. The molecule has 3 rings (SSSR count). The van der Waals surface area contributed by atoms with E-state index < -0.39 is 12.1 Å². The molecule has 0 N–H and O–H groups in total. The average molecular weight is 318 g/mol. The molecule has 0 aliphatic carbocycles. The number of hydrogen-bond acceptors (Lipinski definition) is 6. The maximum absolute atomic E-state index is 12.6. The second kappa shape index (κ2) is 6.15. The van der Waals surface area contributed by atoms with Gasteiger partial charge in [0.25, 0.3) is 5.91 Å². The molecule has 0 fully saturated rings. The van der Waals surface area contributed by atoms with Gasteiger partial charge in [-0.2, -0.15) is 0 Å². The lowest BCUT2D eigenvalue weighted by Gasteiger charge is -2.33. The van der Waals surface area contributed by atoms with Crippen LogP contribution in [0.1, 0.15) is 11.3 Å². The summed E-state index contributed by atoms with van der Waals surface area (Å²) in [5.41, 5.74) is 2.42. The van der Waals surface area contributed by atoms with Crippen LogP contribution in [-0.4, -0.2) is 30.1 Å². The number of fused-ring (bicyclic) bond motifs is 1. The molecule has 1 aromatic heterocycles. The van der Waals surface area contributed by atoms with Gasteiger partial charge in [-0.05, 0) is 12.1 Å². The monoisotopic (exact) mass is 318 g/mol. The Labute approximate surface area is 131 Å². The quantitative estimate of drug-likeness (QED) is 0.807. The van der Waals surface area contributed by atoms with Crippen LogP contribution in [0.5, 0.6) is 5.75 Å². The molecule has 0 unspecified atom stereocenters. The zero-order valence-corrected chi connectivity index (χ0v) is 12.7. The van der Waals surface area contributed by atoms with Crippen LogP contribution < -0.4 is 9.64 Å². The van der Waals surface area contributed by atoms with Crippen LogP contribution >= 0.6 is 11.3 Å².